The number of rotatable bonds is 7. The molecule has 8 nitrogen and oxygen atoms in total. The lowest BCUT2D eigenvalue weighted by Gasteiger charge is -2.20. The van der Waals surface area contributed by atoms with Gasteiger partial charge in [0.15, 0.2) is 0 Å². The van der Waals surface area contributed by atoms with Gasteiger partial charge in [-0.2, -0.15) is 15.0 Å². The number of aryl methyl sites for hydroxylation is 1. The molecule has 0 spiro atoms. The van der Waals surface area contributed by atoms with Crippen LogP contribution < -0.4 is 15.0 Å². The predicted molar refractivity (Wildman–Crippen MR) is 125 cm³/mol. The van der Waals surface area contributed by atoms with E-state index < -0.39 is 6.09 Å². The molecule has 1 aliphatic rings. The van der Waals surface area contributed by atoms with Gasteiger partial charge in [-0.3, -0.25) is 0 Å². The number of hydrogen-bond donors (Lipinski definition) is 1. The van der Waals surface area contributed by atoms with Gasteiger partial charge in [-0.25, -0.2) is 14.1 Å². The lowest BCUT2D eigenvalue weighted by Crippen LogP contribution is -2.34. The zero-order valence-corrected chi connectivity index (χ0v) is 20.0. The minimum atomic E-state index is -0.449. The monoisotopic (exact) mass is 515 g/mol. The summed E-state index contributed by atoms with van der Waals surface area (Å²) < 4.78 is 24.8. The SMILES string of the molecule is CC[C@H]1COC(=O)N1c1nc(C)nc(NC(C)c2ccc(Oc3ccc(F)cc3Br)cc2)n1. The van der Waals surface area contributed by atoms with Crippen molar-refractivity contribution in [2.45, 2.75) is 39.3 Å². The lowest BCUT2D eigenvalue weighted by molar-refractivity contribution is 0.178. The summed E-state index contributed by atoms with van der Waals surface area (Å²) in [5, 5.41) is 3.26. The van der Waals surface area contributed by atoms with Crippen molar-refractivity contribution >= 4 is 33.9 Å². The summed E-state index contributed by atoms with van der Waals surface area (Å²) >= 11 is 3.30. The molecule has 2 heterocycles. The molecule has 1 N–H and O–H groups in total. The predicted octanol–water partition coefficient (Wildman–Crippen LogP) is 5.78. The van der Waals surface area contributed by atoms with Crippen molar-refractivity contribution in [3.8, 4) is 11.5 Å². The van der Waals surface area contributed by atoms with Crippen LogP contribution in [-0.4, -0.2) is 33.7 Å². The number of ether oxygens (including phenoxy) is 2. The fraction of sp³-hybridized carbons (Fsp3) is 0.304. The number of nitrogens with one attached hydrogen (secondary N) is 1. The number of carbonyl (C=O) groups excluding carboxylic acids is 1. The van der Waals surface area contributed by atoms with Gasteiger partial charge < -0.3 is 14.8 Å². The number of nitrogens with zero attached hydrogens (tertiary/aromatic N) is 4. The molecule has 0 radical (unpaired) electrons. The van der Waals surface area contributed by atoms with Crippen LogP contribution >= 0.6 is 15.9 Å². The zero-order chi connectivity index (χ0) is 23.5. The van der Waals surface area contributed by atoms with E-state index in [0.29, 0.717) is 34.4 Å². The minimum Gasteiger partial charge on any atom is -0.456 e. The largest absolute Gasteiger partial charge is 0.456 e. The quantitative estimate of drug-likeness (QED) is 0.426. The van der Waals surface area contributed by atoms with E-state index >= 15 is 0 Å². The molecule has 0 aliphatic carbocycles. The first-order valence-corrected chi connectivity index (χ1v) is 11.3. The van der Waals surface area contributed by atoms with Crippen LogP contribution in [0, 0.1) is 12.7 Å². The summed E-state index contributed by atoms with van der Waals surface area (Å²) in [4.78, 5) is 26.8. The molecule has 10 heteroatoms. The second kappa shape index (κ2) is 9.70. The van der Waals surface area contributed by atoms with Crippen molar-refractivity contribution < 1.29 is 18.7 Å². The van der Waals surface area contributed by atoms with E-state index in [9.17, 15) is 9.18 Å². The molecular weight excluding hydrogens is 493 g/mol. The second-order valence-electron chi connectivity index (χ2n) is 7.63. The number of halogens is 2. The van der Waals surface area contributed by atoms with Gasteiger partial charge in [-0.05, 0) is 72.1 Å². The number of amides is 1. The Morgan fingerprint density at radius 2 is 2.00 bits per heavy atom. The topological polar surface area (TPSA) is 89.5 Å². The molecule has 1 saturated heterocycles. The van der Waals surface area contributed by atoms with Gasteiger partial charge in [0.1, 0.15) is 29.7 Å². The third-order valence-electron chi connectivity index (χ3n) is 5.23. The first-order chi connectivity index (χ1) is 15.8. The van der Waals surface area contributed by atoms with E-state index in [1.54, 1.807) is 13.0 Å². The first kappa shape index (κ1) is 22.9. The normalized spacial score (nSPS) is 16.5. The van der Waals surface area contributed by atoms with Crippen molar-refractivity contribution in [1.82, 2.24) is 15.0 Å². The van der Waals surface area contributed by atoms with Gasteiger partial charge >= 0.3 is 6.09 Å². The number of hydrogen-bond acceptors (Lipinski definition) is 7. The Hall–Kier alpha value is -3.27. The van der Waals surface area contributed by atoms with Crippen LogP contribution in [0.4, 0.5) is 21.1 Å². The molecule has 1 amide bonds. The van der Waals surface area contributed by atoms with Crippen LogP contribution in [-0.2, 0) is 4.74 Å². The summed E-state index contributed by atoms with van der Waals surface area (Å²) in [6.07, 6.45) is 0.285. The van der Waals surface area contributed by atoms with Gasteiger partial charge in [-0.1, -0.05) is 19.1 Å². The van der Waals surface area contributed by atoms with Crippen molar-refractivity contribution in [2.24, 2.45) is 0 Å². The number of benzene rings is 2. The van der Waals surface area contributed by atoms with Gasteiger partial charge in [0, 0.05) is 0 Å². The van der Waals surface area contributed by atoms with Crippen LogP contribution in [0.1, 0.15) is 37.7 Å². The molecule has 1 aromatic heterocycles. The van der Waals surface area contributed by atoms with Crippen LogP contribution in [0.25, 0.3) is 0 Å². The fourth-order valence-corrected chi connectivity index (χ4v) is 3.86. The van der Waals surface area contributed by atoms with Crippen LogP contribution in [0.2, 0.25) is 0 Å². The highest BCUT2D eigenvalue weighted by molar-refractivity contribution is 9.10. The highest BCUT2D eigenvalue weighted by atomic mass is 79.9. The Morgan fingerprint density at radius 1 is 1.24 bits per heavy atom. The van der Waals surface area contributed by atoms with E-state index in [-0.39, 0.29) is 23.8 Å². The Bertz CT molecular complexity index is 1160. The molecule has 2 atom stereocenters. The highest BCUT2D eigenvalue weighted by Crippen LogP contribution is 2.31. The molecule has 1 aliphatic heterocycles. The molecule has 1 fully saturated rings. The second-order valence-corrected chi connectivity index (χ2v) is 8.48. The molecular formula is C23H23BrFN5O3. The molecule has 0 bridgehead atoms. The van der Waals surface area contributed by atoms with Crippen molar-refractivity contribution in [3.63, 3.8) is 0 Å². The third kappa shape index (κ3) is 5.22. The molecule has 0 saturated carbocycles. The third-order valence-corrected chi connectivity index (χ3v) is 5.85. The van der Waals surface area contributed by atoms with E-state index in [1.807, 2.05) is 38.1 Å². The molecule has 3 aromatic rings. The molecule has 33 heavy (non-hydrogen) atoms. The van der Waals surface area contributed by atoms with Crippen LogP contribution in [0.3, 0.4) is 0 Å². The van der Waals surface area contributed by atoms with Gasteiger partial charge in [-0.15, -0.1) is 0 Å². The van der Waals surface area contributed by atoms with E-state index in [0.717, 1.165) is 12.0 Å². The number of carbonyl (C=O) groups is 1. The molecule has 1 unspecified atom stereocenters. The van der Waals surface area contributed by atoms with Gasteiger partial charge in [0.05, 0.1) is 16.6 Å². The van der Waals surface area contributed by atoms with E-state index in [4.69, 9.17) is 9.47 Å². The molecule has 4 rings (SSSR count). The highest BCUT2D eigenvalue weighted by Gasteiger charge is 2.35. The average Bonchev–Trinajstić information content (AvgIpc) is 3.16. The summed E-state index contributed by atoms with van der Waals surface area (Å²) in [6, 6.07) is 11.5. The number of cyclic esters (lactones) is 1. The van der Waals surface area contributed by atoms with Crippen molar-refractivity contribution in [1.29, 1.82) is 0 Å². The Kier molecular flexibility index (Phi) is 6.73. The first-order valence-electron chi connectivity index (χ1n) is 10.5. The molecule has 172 valence electrons. The van der Waals surface area contributed by atoms with Crippen LogP contribution in [0.15, 0.2) is 46.9 Å². The fourth-order valence-electron chi connectivity index (χ4n) is 3.43. The Balaban J connectivity index is 1.47. The zero-order valence-electron chi connectivity index (χ0n) is 18.4. The summed E-state index contributed by atoms with van der Waals surface area (Å²) in [5.74, 6) is 1.95. The smallest absolute Gasteiger partial charge is 0.417 e. The maximum absolute atomic E-state index is 13.3. The lowest BCUT2D eigenvalue weighted by atomic mass is 10.1. The Labute approximate surface area is 199 Å². The summed E-state index contributed by atoms with van der Waals surface area (Å²) in [5.41, 5.74) is 0.979. The molecule has 2 aromatic carbocycles. The number of aromatic nitrogens is 3. The van der Waals surface area contributed by atoms with Crippen molar-refractivity contribution in [3.05, 3.63) is 64.1 Å². The van der Waals surface area contributed by atoms with E-state index in [2.05, 4.69) is 36.2 Å². The Morgan fingerprint density at radius 3 is 2.70 bits per heavy atom. The van der Waals surface area contributed by atoms with Crippen molar-refractivity contribution in [2.75, 3.05) is 16.8 Å². The minimum absolute atomic E-state index is 0.0988. The van der Waals surface area contributed by atoms with Gasteiger partial charge in [0.2, 0.25) is 11.9 Å². The maximum atomic E-state index is 13.3. The van der Waals surface area contributed by atoms with Gasteiger partial charge in [0.25, 0.3) is 0 Å². The standard InChI is InChI=1S/C23H23BrFN5O3/c1-4-17-12-32-23(31)30(17)22-28-14(3)27-21(29-22)26-13(2)15-5-8-18(9-6-15)33-20-10-7-16(25)11-19(20)24/h5-11,13,17H,4,12H2,1-3H3,(H,26,27,28,29)/t13?,17-/m0/s1. The summed E-state index contributed by atoms with van der Waals surface area (Å²) in [6.45, 7) is 6.03. The average molecular weight is 516 g/mol. The number of anilines is 2. The van der Waals surface area contributed by atoms with Crippen LogP contribution in [0.5, 0.6) is 11.5 Å². The summed E-state index contributed by atoms with van der Waals surface area (Å²) in [7, 11) is 0. The van der Waals surface area contributed by atoms with E-state index in [1.165, 1.54) is 17.0 Å². The maximum Gasteiger partial charge on any atom is 0.417 e.